The molecule has 3 rings (SSSR count). The van der Waals surface area contributed by atoms with Gasteiger partial charge in [0.1, 0.15) is 0 Å². The van der Waals surface area contributed by atoms with Crippen LogP contribution < -0.4 is 14.9 Å². The van der Waals surface area contributed by atoms with E-state index in [9.17, 15) is 13.2 Å². The van der Waals surface area contributed by atoms with Gasteiger partial charge in [0.2, 0.25) is 10.0 Å². The molecule has 0 atom stereocenters. The lowest BCUT2D eigenvalue weighted by atomic mass is 10.2. The number of hydrogen-bond donors (Lipinski definition) is 1. The Labute approximate surface area is 226 Å². The Balaban J connectivity index is 1.79. The van der Waals surface area contributed by atoms with E-state index in [1.807, 2.05) is 13.8 Å². The minimum atomic E-state index is -4.04. The predicted octanol–water partition coefficient (Wildman–Crippen LogP) is 5.05. The zero-order valence-electron chi connectivity index (χ0n) is 20.6. The highest BCUT2D eigenvalue weighted by molar-refractivity contribution is 7.89. The molecule has 0 unspecified atom stereocenters. The molecule has 0 aromatic heterocycles. The molecule has 0 fully saturated rings. The standard InChI is InChI=1S/C26H27Cl2N3O5S/c1-4-36-24-12-7-19(13-25(24)35-3)15-29-30-26(32)17-31(16-20-8-9-21(27)14-23(20)28)37(33,34)22-10-5-18(2)6-11-22/h5-15H,4,16-17H2,1-3H3,(H,30,32)/b29-15-. The summed E-state index contributed by atoms with van der Waals surface area (Å²) in [6.45, 7) is 3.59. The van der Waals surface area contributed by atoms with Crippen LogP contribution in [0.5, 0.6) is 11.5 Å². The Hall–Kier alpha value is -3.11. The van der Waals surface area contributed by atoms with E-state index in [0.29, 0.717) is 39.3 Å². The lowest BCUT2D eigenvalue weighted by Crippen LogP contribution is -2.39. The van der Waals surface area contributed by atoms with Gasteiger partial charge >= 0.3 is 0 Å². The Bertz CT molecular complexity index is 1380. The highest BCUT2D eigenvalue weighted by Crippen LogP contribution is 2.28. The second-order valence-electron chi connectivity index (χ2n) is 7.96. The van der Waals surface area contributed by atoms with Crippen molar-refractivity contribution in [2.24, 2.45) is 5.10 Å². The summed E-state index contributed by atoms with van der Waals surface area (Å²) in [6.07, 6.45) is 1.42. The van der Waals surface area contributed by atoms with E-state index in [-0.39, 0.29) is 11.4 Å². The molecule has 0 spiro atoms. The van der Waals surface area contributed by atoms with Gasteiger partial charge in [-0.3, -0.25) is 4.79 Å². The summed E-state index contributed by atoms with van der Waals surface area (Å²) < 4.78 is 38.7. The SMILES string of the molecule is CCOc1ccc(/C=N\NC(=O)CN(Cc2ccc(Cl)cc2Cl)S(=O)(=O)c2ccc(C)cc2)cc1OC. The number of carbonyl (C=O) groups is 1. The van der Waals surface area contributed by atoms with Crippen molar-refractivity contribution in [3.63, 3.8) is 0 Å². The predicted molar refractivity (Wildman–Crippen MR) is 145 cm³/mol. The van der Waals surface area contributed by atoms with Gasteiger partial charge in [0.05, 0.1) is 31.4 Å². The molecule has 8 nitrogen and oxygen atoms in total. The minimum absolute atomic E-state index is 0.0565. The quantitative estimate of drug-likeness (QED) is 0.260. The van der Waals surface area contributed by atoms with E-state index in [1.54, 1.807) is 42.5 Å². The second kappa shape index (κ2) is 12.9. The third-order valence-corrected chi connectivity index (χ3v) is 7.62. The zero-order valence-corrected chi connectivity index (χ0v) is 22.9. The van der Waals surface area contributed by atoms with Gasteiger partial charge in [0.15, 0.2) is 11.5 Å². The van der Waals surface area contributed by atoms with Gasteiger partial charge in [0.25, 0.3) is 5.91 Å². The van der Waals surface area contributed by atoms with Gasteiger partial charge in [0, 0.05) is 16.6 Å². The molecule has 37 heavy (non-hydrogen) atoms. The molecule has 3 aromatic carbocycles. The number of ether oxygens (including phenoxy) is 2. The summed E-state index contributed by atoms with van der Waals surface area (Å²) in [5.74, 6) is 0.478. The monoisotopic (exact) mass is 563 g/mol. The number of nitrogens with zero attached hydrogens (tertiary/aromatic N) is 2. The number of nitrogens with one attached hydrogen (secondary N) is 1. The van der Waals surface area contributed by atoms with Crippen LogP contribution >= 0.6 is 23.2 Å². The Morgan fingerprint density at radius 3 is 2.43 bits per heavy atom. The van der Waals surface area contributed by atoms with Crippen molar-refractivity contribution >= 4 is 45.3 Å². The average Bonchev–Trinajstić information content (AvgIpc) is 2.86. The van der Waals surface area contributed by atoms with Crippen LogP contribution in [0.1, 0.15) is 23.6 Å². The topological polar surface area (TPSA) is 97.3 Å². The maximum atomic E-state index is 13.4. The van der Waals surface area contributed by atoms with Gasteiger partial charge < -0.3 is 9.47 Å². The van der Waals surface area contributed by atoms with Crippen LogP contribution in [0.2, 0.25) is 10.0 Å². The second-order valence-corrected chi connectivity index (χ2v) is 10.7. The van der Waals surface area contributed by atoms with Crippen LogP contribution in [-0.2, 0) is 21.4 Å². The van der Waals surface area contributed by atoms with Gasteiger partial charge in [-0.25, -0.2) is 13.8 Å². The molecule has 0 radical (unpaired) electrons. The van der Waals surface area contributed by atoms with Gasteiger partial charge in [-0.1, -0.05) is 47.0 Å². The van der Waals surface area contributed by atoms with Crippen molar-refractivity contribution in [3.05, 3.63) is 87.4 Å². The van der Waals surface area contributed by atoms with E-state index in [1.165, 1.54) is 31.5 Å². The lowest BCUT2D eigenvalue weighted by Gasteiger charge is -2.22. The summed E-state index contributed by atoms with van der Waals surface area (Å²) in [4.78, 5) is 12.8. The Kier molecular flexibility index (Phi) is 9.93. The molecule has 0 saturated heterocycles. The van der Waals surface area contributed by atoms with E-state index >= 15 is 0 Å². The molecular formula is C26H27Cl2N3O5S. The van der Waals surface area contributed by atoms with Crippen LogP contribution in [-0.4, -0.2) is 45.1 Å². The highest BCUT2D eigenvalue weighted by Gasteiger charge is 2.27. The summed E-state index contributed by atoms with van der Waals surface area (Å²) >= 11 is 12.3. The van der Waals surface area contributed by atoms with Crippen LogP contribution in [0, 0.1) is 6.92 Å². The molecule has 0 heterocycles. The number of amides is 1. The normalized spacial score (nSPS) is 11.6. The van der Waals surface area contributed by atoms with Crippen LogP contribution in [0.4, 0.5) is 0 Å². The summed E-state index contributed by atoms with van der Waals surface area (Å²) in [5.41, 5.74) is 4.44. The highest BCUT2D eigenvalue weighted by atomic mass is 35.5. The summed E-state index contributed by atoms with van der Waals surface area (Å²) in [7, 11) is -2.51. The number of hydrogen-bond acceptors (Lipinski definition) is 6. The maximum absolute atomic E-state index is 13.4. The summed E-state index contributed by atoms with van der Waals surface area (Å²) in [5, 5.41) is 4.67. The first-order chi connectivity index (χ1) is 17.6. The van der Waals surface area contributed by atoms with Crippen LogP contribution in [0.25, 0.3) is 0 Å². The number of benzene rings is 3. The smallest absolute Gasteiger partial charge is 0.255 e. The molecule has 1 N–H and O–H groups in total. The van der Waals surface area contributed by atoms with Crippen molar-refractivity contribution in [2.75, 3.05) is 20.3 Å². The Morgan fingerprint density at radius 1 is 1.05 bits per heavy atom. The first-order valence-electron chi connectivity index (χ1n) is 11.3. The van der Waals surface area contributed by atoms with Crippen LogP contribution in [0.15, 0.2) is 70.7 Å². The molecule has 11 heteroatoms. The van der Waals surface area contributed by atoms with E-state index < -0.39 is 22.5 Å². The van der Waals surface area contributed by atoms with Crippen molar-refractivity contribution in [3.8, 4) is 11.5 Å². The first kappa shape index (κ1) is 28.5. The van der Waals surface area contributed by atoms with Crippen molar-refractivity contribution in [2.45, 2.75) is 25.3 Å². The fourth-order valence-corrected chi connectivity index (χ4v) is 5.18. The fourth-order valence-electron chi connectivity index (χ4n) is 3.34. The molecule has 0 saturated carbocycles. The van der Waals surface area contributed by atoms with E-state index in [2.05, 4.69) is 10.5 Å². The molecule has 196 valence electrons. The van der Waals surface area contributed by atoms with Crippen molar-refractivity contribution in [1.29, 1.82) is 0 Å². The number of sulfonamides is 1. The van der Waals surface area contributed by atoms with Crippen molar-refractivity contribution < 1.29 is 22.7 Å². The third-order valence-electron chi connectivity index (χ3n) is 5.23. The maximum Gasteiger partial charge on any atom is 0.255 e. The first-order valence-corrected chi connectivity index (χ1v) is 13.5. The number of rotatable bonds is 11. The fraction of sp³-hybridized carbons (Fsp3) is 0.231. The molecular weight excluding hydrogens is 537 g/mol. The molecule has 0 aliphatic heterocycles. The number of halogens is 2. The molecule has 1 amide bonds. The molecule has 0 bridgehead atoms. The molecule has 3 aromatic rings. The van der Waals surface area contributed by atoms with Crippen molar-refractivity contribution in [1.82, 2.24) is 9.73 Å². The van der Waals surface area contributed by atoms with Gasteiger partial charge in [-0.05, 0) is 67.4 Å². The number of carbonyl (C=O) groups excluding carboxylic acids is 1. The number of hydrazone groups is 1. The Morgan fingerprint density at radius 2 is 1.78 bits per heavy atom. The number of aryl methyl sites for hydroxylation is 1. The van der Waals surface area contributed by atoms with E-state index in [0.717, 1.165) is 9.87 Å². The molecule has 0 aliphatic rings. The van der Waals surface area contributed by atoms with Crippen LogP contribution in [0.3, 0.4) is 0 Å². The van der Waals surface area contributed by atoms with E-state index in [4.69, 9.17) is 32.7 Å². The largest absolute Gasteiger partial charge is 0.493 e. The number of methoxy groups -OCH3 is 1. The third kappa shape index (κ3) is 7.69. The lowest BCUT2D eigenvalue weighted by molar-refractivity contribution is -0.121. The van der Waals surface area contributed by atoms with Gasteiger partial charge in [-0.2, -0.15) is 9.41 Å². The summed E-state index contributed by atoms with van der Waals surface area (Å²) in [6, 6.07) is 16.3. The average molecular weight is 564 g/mol. The minimum Gasteiger partial charge on any atom is -0.493 e. The molecule has 0 aliphatic carbocycles. The van der Waals surface area contributed by atoms with Gasteiger partial charge in [-0.15, -0.1) is 0 Å². The zero-order chi connectivity index (χ0) is 27.0.